The predicted octanol–water partition coefficient (Wildman–Crippen LogP) is 2.59. The Labute approximate surface area is 89.2 Å². The minimum atomic E-state index is -4.48. The van der Waals surface area contributed by atoms with Crippen LogP contribution in [-0.2, 0) is 11.0 Å². The number of carboxylic acid groups (broad SMARTS) is 1. The van der Waals surface area contributed by atoms with Gasteiger partial charge >= 0.3 is 12.1 Å². The van der Waals surface area contributed by atoms with Crippen LogP contribution in [0.4, 0.5) is 13.2 Å². The van der Waals surface area contributed by atoms with E-state index >= 15 is 0 Å². The summed E-state index contributed by atoms with van der Waals surface area (Å²) in [6.45, 7) is 1.35. The van der Waals surface area contributed by atoms with Gasteiger partial charge < -0.3 is 5.11 Å². The van der Waals surface area contributed by atoms with Crippen molar-refractivity contribution in [2.24, 2.45) is 0 Å². The first kappa shape index (κ1) is 12.2. The lowest BCUT2D eigenvalue weighted by Gasteiger charge is -2.04. The van der Waals surface area contributed by atoms with Crippen LogP contribution in [0.2, 0.25) is 0 Å². The highest BCUT2D eigenvalue weighted by molar-refractivity contribution is 5.91. The summed E-state index contributed by atoms with van der Waals surface area (Å²) in [5, 5.41) is 8.56. The molecule has 0 atom stereocenters. The Morgan fingerprint density at radius 1 is 1.44 bits per heavy atom. The number of nitrogens with zero attached hydrogens (tertiary/aromatic N) is 1. The molecule has 0 unspecified atom stereocenters. The average Bonchev–Trinajstić information content (AvgIpc) is 2.17. The molecule has 0 radical (unpaired) electrons. The first-order chi connectivity index (χ1) is 7.30. The van der Waals surface area contributed by atoms with Gasteiger partial charge in [-0.05, 0) is 24.6 Å². The van der Waals surface area contributed by atoms with Crippen molar-refractivity contribution in [3.63, 3.8) is 0 Å². The Balaban J connectivity index is 2.97. The fraction of sp³-hybridized carbons (Fsp3) is 0.200. The van der Waals surface area contributed by atoms with Gasteiger partial charge in [0.2, 0.25) is 0 Å². The summed E-state index contributed by atoms with van der Waals surface area (Å²) in [5.74, 6) is -1.13. The van der Waals surface area contributed by atoms with Crippen LogP contribution in [0, 0.1) is 0 Å². The lowest BCUT2D eigenvalue weighted by molar-refractivity contribution is -0.141. The topological polar surface area (TPSA) is 50.2 Å². The maximum absolute atomic E-state index is 12.1. The van der Waals surface area contributed by atoms with E-state index in [1.54, 1.807) is 0 Å². The zero-order valence-corrected chi connectivity index (χ0v) is 8.25. The normalized spacial score (nSPS) is 12.6. The van der Waals surface area contributed by atoms with E-state index in [0.29, 0.717) is 5.56 Å². The number of carbonyl (C=O) groups is 1. The molecule has 0 saturated heterocycles. The molecule has 6 heteroatoms. The third kappa shape index (κ3) is 3.08. The van der Waals surface area contributed by atoms with Gasteiger partial charge in [0.25, 0.3) is 0 Å². The second kappa shape index (κ2) is 4.34. The number of carboxylic acids is 1. The van der Waals surface area contributed by atoms with Crippen LogP contribution in [0.1, 0.15) is 18.2 Å². The van der Waals surface area contributed by atoms with E-state index in [9.17, 15) is 18.0 Å². The Hall–Kier alpha value is -1.85. The lowest BCUT2D eigenvalue weighted by Crippen LogP contribution is -2.07. The summed E-state index contributed by atoms with van der Waals surface area (Å²) in [5.41, 5.74) is -0.660. The van der Waals surface area contributed by atoms with Crippen LogP contribution >= 0.6 is 0 Å². The van der Waals surface area contributed by atoms with Crippen LogP contribution in [0.15, 0.2) is 23.9 Å². The van der Waals surface area contributed by atoms with E-state index in [0.717, 1.165) is 12.3 Å². The SMILES string of the molecule is CC(=Cc1ccc(C(F)(F)F)nc1)C(=O)O. The van der Waals surface area contributed by atoms with Crippen molar-refractivity contribution >= 4 is 12.0 Å². The molecule has 1 aromatic heterocycles. The van der Waals surface area contributed by atoms with Gasteiger partial charge in [-0.1, -0.05) is 6.07 Å². The molecule has 1 rings (SSSR count). The summed E-state index contributed by atoms with van der Waals surface area (Å²) in [6, 6.07) is 1.98. The van der Waals surface area contributed by atoms with Crippen molar-refractivity contribution in [3.8, 4) is 0 Å². The quantitative estimate of drug-likeness (QED) is 0.796. The lowest BCUT2D eigenvalue weighted by atomic mass is 10.2. The van der Waals surface area contributed by atoms with Crippen LogP contribution < -0.4 is 0 Å². The average molecular weight is 231 g/mol. The summed E-state index contributed by atoms with van der Waals surface area (Å²) < 4.78 is 36.4. The van der Waals surface area contributed by atoms with Gasteiger partial charge in [-0.15, -0.1) is 0 Å². The highest BCUT2D eigenvalue weighted by atomic mass is 19.4. The molecule has 1 heterocycles. The molecule has 0 spiro atoms. The minimum Gasteiger partial charge on any atom is -0.478 e. The molecule has 86 valence electrons. The minimum absolute atomic E-state index is 0.0292. The van der Waals surface area contributed by atoms with Crippen LogP contribution in [0.25, 0.3) is 6.08 Å². The number of halogens is 3. The maximum atomic E-state index is 12.1. The molecule has 0 bridgehead atoms. The smallest absolute Gasteiger partial charge is 0.433 e. The Bertz CT molecular complexity index is 421. The van der Waals surface area contributed by atoms with E-state index in [1.807, 2.05) is 0 Å². The van der Waals surface area contributed by atoms with Crippen LogP contribution in [-0.4, -0.2) is 16.1 Å². The molecule has 0 aliphatic heterocycles. The van der Waals surface area contributed by atoms with E-state index in [2.05, 4.69) is 4.98 Å². The summed E-state index contributed by atoms with van der Waals surface area (Å²) in [7, 11) is 0. The molecule has 0 amide bonds. The monoisotopic (exact) mass is 231 g/mol. The highest BCUT2D eigenvalue weighted by Gasteiger charge is 2.31. The number of rotatable bonds is 2. The highest BCUT2D eigenvalue weighted by Crippen LogP contribution is 2.27. The molecule has 1 aromatic rings. The van der Waals surface area contributed by atoms with Crippen molar-refractivity contribution in [2.75, 3.05) is 0 Å². The summed E-state index contributed by atoms with van der Waals surface area (Å²) in [4.78, 5) is 13.7. The molecule has 0 saturated carbocycles. The molecule has 0 aliphatic carbocycles. The molecule has 1 N–H and O–H groups in total. The molecule has 16 heavy (non-hydrogen) atoms. The predicted molar refractivity (Wildman–Crippen MR) is 50.5 cm³/mol. The van der Waals surface area contributed by atoms with Gasteiger partial charge in [-0.25, -0.2) is 4.79 Å². The zero-order valence-electron chi connectivity index (χ0n) is 8.25. The van der Waals surface area contributed by atoms with Gasteiger partial charge in [0.1, 0.15) is 5.69 Å². The Kier molecular flexibility index (Phi) is 3.31. The zero-order chi connectivity index (χ0) is 12.3. The van der Waals surface area contributed by atoms with Crippen molar-refractivity contribution in [1.82, 2.24) is 4.98 Å². The summed E-state index contributed by atoms with van der Waals surface area (Å²) in [6.07, 6.45) is -2.26. The third-order valence-corrected chi connectivity index (χ3v) is 1.80. The number of aliphatic carboxylic acids is 1. The Morgan fingerprint density at radius 2 is 2.06 bits per heavy atom. The van der Waals surface area contributed by atoms with Crippen molar-refractivity contribution in [3.05, 3.63) is 35.2 Å². The molecule has 0 aliphatic rings. The van der Waals surface area contributed by atoms with E-state index in [4.69, 9.17) is 5.11 Å². The number of alkyl halides is 3. The van der Waals surface area contributed by atoms with Crippen LogP contribution in [0.5, 0.6) is 0 Å². The van der Waals surface area contributed by atoms with E-state index in [-0.39, 0.29) is 5.57 Å². The van der Waals surface area contributed by atoms with Crippen molar-refractivity contribution < 1.29 is 23.1 Å². The standard InChI is InChI=1S/C10H8F3NO2/c1-6(9(15)16)4-7-2-3-8(14-5-7)10(11,12)13/h2-5H,1H3,(H,15,16). The largest absolute Gasteiger partial charge is 0.478 e. The fourth-order valence-electron chi connectivity index (χ4n) is 0.970. The Morgan fingerprint density at radius 3 is 2.44 bits per heavy atom. The van der Waals surface area contributed by atoms with Gasteiger partial charge in [0.15, 0.2) is 0 Å². The number of hydrogen-bond acceptors (Lipinski definition) is 2. The van der Waals surface area contributed by atoms with E-state index in [1.165, 1.54) is 19.1 Å². The summed E-state index contributed by atoms with van der Waals surface area (Å²) >= 11 is 0. The molecular formula is C10H8F3NO2. The first-order valence-electron chi connectivity index (χ1n) is 4.25. The fourth-order valence-corrected chi connectivity index (χ4v) is 0.970. The first-order valence-corrected chi connectivity index (χ1v) is 4.25. The molecular weight excluding hydrogens is 223 g/mol. The second-order valence-electron chi connectivity index (χ2n) is 3.11. The van der Waals surface area contributed by atoms with Crippen LogP contribution in [0.3, 0.4) is 0 Å². The van der Waals surface area contributed by atoms with E-state index < -0.39 is 17.8 Å². The molecule has 0 aromatic carbocycles. The van der Waals surface area contributed by atoms with Gasteiger partial charge in [-0.2, -0.15) is 13.2 Å². The van der Waals surface area contributed by atoms with Gasteiger partial charge in [0.05, 0.1) is 0 Å². The third-order valence-electron chi connectivity index (χ3n) is 1.80. The van der Waals surface area contributed by atoms with Gasteiger partial charge in [0, 0.05) is 11.8 Å². The maximum Gasteiger partial charge on any atom is 0.433 e. The number of hydrogen-bond donors (Lipinski definition) is 1. The number of pyridine rings is 1. The molecule has 0 fully saturated rings. The second-order valence-corrected chi connectivity index (χ2v) is 3.11. The van der Waals surface area contributed by atoms with Gasteiger partial charge in [-0.3, -0.25) is 4.98 Å². The number of aromatic nitrogens is 1. The van der Waals surface area contributed by atoms with Crippen molar-refractivity contribution in [2.45, 2.75) is 13.1 Å². The molecule has 3 nitrogen and oxygen atoms in total. The van der Waals surface area contributed by atoms with Crippen molar-refractivity contribution in [1.29, 1.82) is 0 Å².